The highest BCUT2D eigenvalue weighted by Gasteiger charge is 2.41. The van der Waals surface area contributed by atoms with Gasteiger partial charge in [0.15, 0.2) is 0 Å². The van der Waals surface area contributed by atoms with Gasteiger partial charge in [-0.15, -0.1) is 0 Å². The molecule has 2 fully saturated rings. The Morgan fingerprint density at radius 2 is 2.00 bits per heavy atom. The Balaban J connectivity index is 1.88. The van der Waals surface area contributed by atoms with E-state index in [2.05, 4.69) is 13.8 Å². The molecule has 1 aliphatic heterocycles. The third-order valence-electron chi connectivity index (χ3n) is 4.79. The number of thioether (sulfide) groups is 1. The van der Waals surface area contributed by atoms with Crippen molar-refractivity contribution in [2.45, 2.75) is 69.6 Å². The normalized spacial score (nSPS) is 42.2. The molecule has 1 aliphatic carbocycles. The molecule has 16 heavy (non-hydrogen) atoms. The van der Waals surface area contributed by atoms with Crippen LogP contribution in [0.3, 0.4) is 0 Å². The van der Waals surface area contributed by atoms with E-state index in [1.165, 1.54) is 50.7 Å². The fourth-order valence-electron chi connectivity index (χ4n) is 3.44. The van der Waals surface area contributed by atoms with Crippen molar-refractivity contribution in [1.29, 1.82) is 0 Å². The van der Waals surface area contributed by atoms with Crippen molar-refractivity contribution in [3.05, 3.63) is 0 Å². The fourth-order valence-corrected chi connectivity index (χ4v) is 4.85. The van der Waals surface area contributed by atoms with Crippen LogP contribution in [-0.4, -0.2) is 21.7 Å². The summed E-state index contributed by atoms with van der Waals surface area (Å²) in [6.07, 6.45) is 8.99. The van der Waals surface area contributed by atoms with E-state index in [-0.39, 0.29) is 10.9 Å². The molecule has 0 spiro atoms. The van der Waals surface area contributed by atoms with Crippen LogP contribution in [-0.2, 0) is 0 Å². The Kier molecular flexibility index (Phi) is 4.23. The quantitative estimate of drug-likeness (QED) is 0.811. The van der Waals surface area contributed by atoms with Gasteiger partial charge in [-0.2, -0.15) is 11.8 Å². The van der Waals surface area contributed by atoms with E-state index in [1.807, 2.05) is 11.8 Å². The number of hydrogen-bond donors (Lipinski definition) is 1. The molecule has 1 heterocycles. The summed E-state index contributed by atoms with van der Waals surface area (Å²) in [5.74, 6) is 2.77. The lowest BCUT2D eigenvalue weighted by atomic mass is 9.75. The van der Waals surface area contributed by atoms with Crippen LogP contribution in [0.2, 0.25) is 0 Å². The van der Waals surface area contributed by atoms with Gasteiger partial charge in [0.05, 0.1) is 6.10 Å². The summed E-state index contributed by atoms with van der Waals surface area (Å²) in [6, 6.07) is 0. The SMILES string of the molecule is CCC1CCC(C(O)C2(C)CCCS2)CC1. The first kappa shape index (κ1) is 12.8. The molecule has 2 atom stereocenters. The van der Waals surface area contributed by atoms with Crippen LogP contribution < -0.4 is 0 Å². The number of rotatable bonds is 3. The van der Waals surface area contributed by atoms with Gasteiger partial charge in [0.25, 0.3) is 0 Å². The molecular formula is C14H26OS. The van der Waals surface area contributed by atoms with Crippen molar-refractivity contribution >= 4 is 11.8 Å². The first-order valence-corrected chi connectivity index (χ1v) is 7.96. The molecule has 2 unspecified atom stereocenters. The highest BCUT2D eigenvalue weighted by molar-refractivity contribution is 8.00. The van der Waals surface area contributed by atoms with Crippen LogP contribution in [0.1, 0.15) is 58.8 Å². The molecule has 0 aromatic carbocycles. The lowest BCUT2D eigenvalue weighted by Crippen LogP contribution is -2.41. The van der Waals surface area contributed by atoms with Gasteiger partial charge in [0.1, 0.15) is 0 Å². The zero-order valence-electron chi connectivity index (χ0n) is 10.7. The summed E-state index contributed by atoms with van der Waals surface area (Å²) < 4.78 is 0.170. The smallest absolute Gasteiger partial charge is 0.0712 e. The maximum Gasteiger partial charge on any atom is 0.0712 e. The largest absolute Gasteiger partial charge is 0.391 e. The van der Waals surface area contributed by atoms with Crippen LogP contribution in [0, 0.1) is 11.8 Å². The van der Waals surface area contributed by atoms with Crippen LogP contribution in [0.15, 0.2) is 0 Å². The second-order valence-corrected chi connectivity index (χ2v) is 7.53. The molecule has 2 rings (SSSR count). The summed E-state index contributed by atoms with van der Waals surface area (Å²) in [5, 5.41) is 10.6. The fraction of sp³-hybridized carbons (Fsp3) is 1.00. The van der Waals surface area contributed by atoms with E-state index < -0.39 is 0 Å². The van der Waals surface area contributed by atoms with Crippen molar-refractivity contribution in [3.8, 4) is 0 Å². The Morgan fingerprint density at radius 3 is 2.50 bits per heavy atom. The maximum absolute atomic E-state index is 10.6. The molecule has 1 saturated carbocycles. The minimum atomic E-state index is -0.0576. The van der Waals surface area contributed by atoms with Crippen molar-refractivity contribution in [3.63, 3.8) is 0 Å². The number of aliphatic hydroxyl groups is 1. The van der Waals surface area contributed by atoms with Crippen LogP contribution in [0.5, 0.6) is 0 Å². The first-order valence-electron chi connectivity index (χ1n) is 6.97. The lowest BCUT2D eigenvalue weighted by Gasteiger charge is -2.38. The Labute approximate surface area is 104 Å². The molecule has 0 aromatic heterocycles. The van der Waals surface area contributed by atoms with E-state index in [0.29, 0.717) is 5.92 Å². The van der Waals surface area contributed by atoms with Gasteiger partial charge in [0.2, 0.25) is 0 Å². The molecule has 2 aliphatic rings. The maximum atomic E-state index is 10.6. The topological polar surface area (TPSA) is 20.2 Å². The zero-order valence-corrected chi connectivity index (χ0v) is 11.6. The third kappa shape index (κ3) is 2.59. The summed E-state index contributed by atoms with van der Waals surface area (Å²) in [4.78, 5) is 0. The van der Waals surface area contributed by atoms with E-state index >= 15 is 0 Å². The minimum absolute atomic E-state index is 0.0576. The molecule has 0 bridgehead atoms. The van der Waals surface area contributed by atoms with Crippen LogP contribution in [0.4, 0.5) is 0 Å². The number of hydrogen-bond acceptors (Lipinski definition) is 2. The molecule has 0 radical (unpaired) electrons. The molecule has 0 aromatic rings. The summed E-state index contributed by atoms with van der Waals surface area (Å²) in [6.45, 7) is 4.58. The van der Waals surface area contributed by atoms with Gasteiger partial charge in [0, 0.05) is 4.75 Å². The van der Waals surface area contributed by atoms with Crippen LogP contribution >= 0.6 is 11.8 Å². The highest BCUT2D eigenvalue weighted by atomic mass is 32.2. The second-order valence-electron chi connectivity index (χ2n) is 5.90. The van der Waals surface area contributed by atoms with E-state index in [9.17, 15) is 5.11 Å². The Bertz CT molecular complexity index is 215. The molecule has 1 N–H and O–H groups in total. The van der Waals surface area contributed by atoms with E-state index in [4.69, 9.17) is 0 Å². The molecule has 0 amide bonds. The van der Waals surface area contributed by atoms with Crippen molar-refractivity contribution in [2.24, 2.45) is 11.8 Å². The van der Waals surface area contributed by atoms with Gasteiger partial charge < -0.3 is 5.11 Å². The first-order chi connectivity index (χ1) is 7.65. The van der Waals surface area contributed by atoms with Crippen molar-refractivity contribution in [2.75, 3.05) is 5.75 Å². The Hall–Kier alpha value is 0.310. The van der Waals surface area contributed by atoms with Gasteiger partial charge >= 0.3 is 0 Å². The van der Waals surface area contributed by atoms with Gasteiger partial charge in [-0.1, -0.05) is 26.2 Å². The highest BCUT2D eigenvalue weighted by Crippen LogP contribution is 2.45. The average Bonchev–Trinajstić information content (AvgIpc) is 2.77. The van der Waals surface area contributed by atoms with Crippen LogP contribution in [0.25, 0.3) is 0 Å². The van der Waals surface area contributed by atoms with Gasteiger partial charge in [-0.05, 0) is 50.2 Å². The lowest BCUT2D eigenvalue weighted by molar-refractivity contribution is 0.0447. The molecule has 2 heteroatoms. The standard InChI is InChI=1S/C14H26OS/c1-3-11-5-7-12(8-6-11)13(15)14(2)9-4-10-16-14/h11-13,15H,3-10H2,1-2H3. The summed E-state index contributed by atoms with van der Waals surface area (Å²) in [7, 11) is 0. The summed E-state index contributed by atoms with van der Waals surface area (Å²) in [5.41, 5.74) is 0. The van der Waals surface area contributed by atoms with Gasteiger partial charge in [-0.3, -0.25) is 0 Å². The van der Waals surface area contributed by atoms with E-state index in [1.54, 1.807) is 0 Å². The molecule has 94 valence electrons. The van der Waals surface area contributed by atoms with Crippen molar-refractivity contribution in [1.82, 2.24) is 0 Å². The van der Waals surface area contributed by atoms with E-state index in [0.717, 1.165) is 5.92 Å². The van der Waals surface area contributed by atoms with Gasteiger partial charge in [-0.25, -0.2) is 0 Å². The Morgan fingerprint density at radius 1 is 1.31 bits per heavy atom. The predicted octanol–water partition coefficient (Wildman–Crippen LogP) is 3.85. The summed E-state index contributed by atoms with van der Waals surface area (Å²) >= 11 is 2.00. The zero-order chi connectivity index (χ0) is 11.6. The molecular weight excluding hydrogens is 216 g/mol. The monoisotopic (exact) mass is 242 g/mol. The second kappa shape index (κ2) is 5.30. The average molecular weight is 242 g/mol. The predicted molar refractivity (Wildman–Crippen MR) is 71.8 cm³/mol. The third-order valence-corrected chi connectivity index (χ3v) is 6.39. The molecule has 1 nitrogen and oxygen atoms in total. The van der Waals surface area contributed by atoms with Crippen molar-refractivity contribution < 1.29 is 5.11 Å². The number of aliphatic hydroxyl groups excluding tert-OH is 1. The minimum Gasteiger partial charge on any atom is -0.391 e. The molecule has 1 saturated heterocycles.